The molecule has 0 atom stereocenters. The van der Waals surface area contributed by atoms with Gasteiger partial charge in [-0.15, -0.1) is 0 Å². The van der Waals surface area contributed by atoms with Gasteiger partial charge < -0.3 is 10.5 Å². The van der Waals surface area contributed by atoms with E-state index in [4.69, 9.17) is 22.7 Å². The zero-order valence-corrected chi connectivity index (χ0v) is 11.1. The Morgan fingerprint density at radius 3 is 2.59 bits per heavy atom. The van der Waals surface area contributed by atoms with Gasteiger partial charge in [-0.1, -0.05) is 37.3 Å². The normalized spacial score (nSPS) is 10.5. The molecule has 0 radical (unpaired) electrons. The zero-order valence-electron chi connectivity index (χ0n) is 10.3. The highest BCUT2D eigenvalue weighted by Gasteiger charge is 2.05. The summed E-state index contributed by atoms with van der Waals surface area (Å²) < 4.78 is 5.64. The lowest BCUT2D eigenvalue weighted by atomic mass is 10.3. The van der Waals surface area contributed by atoms with E-state index in [0.717, 1.165) is 25.3 Å². The molecule has 0 fully saturated rings. The van der Waals surface area contributed by atoms with Crippen molar-refractivity contribution < 1.29 is 4.74 Å². The molecule has 17 heavy (non-hydrogen) atoms. The molecule has 0 aliphatic rings. The minimum atomic E-state index is 0.540. The van der Waals surface area contributed by atoms with Crippen LogP contribution in [-0.2, 0) is 0 Å². The van der Waals surface area contributed by atoms with Crippen molar-refractivity contribution in [2.24, 2.45) is 5.73 Å². The maximum absolute atomic E-state index is 5.64. The monoisotopic (exact) mass is 252 g/mol. The summed E-state index contributed by atoms with van der Waals surface area (Å²) in [6, 6.07) is 9.82. The summed E-state index contributed by atoms with van der Waals surface area (Å²) in [7, 11) is 0. The third-order valence-electron chi connectivity index (χ3n) is 2.34. The Morgan fingerprint density at radius 2 is 2.00 bits per heavy atom. The van der Waals surface area contributed by atoms with Gasteiger partial charge in [0.2, 0.25) is 0 Å². The highest BCUT2D eigenvalue weighted by molar-refractivity contribution is 7.80. The van der Waals surface area contributed by atoms with Gasteiger partial charge in [-0.05, 0) is 25.1 Å². The van der Waals surface area contributed by atoms with Crippen molar-refractivity contribution >= 4 is 17.2 Å². The molecule has 0 aromatic heterocycles. The highest BCUT2D eigenvalue weighted by atomic mass is 32.1. The van der Waals surface area contributed by atoms with E-state index in [1.807, 2.05) is 30.3 Å². The van der Waals surface area contributed by atoms with Crippen molar-refractivity contribution in [1.29, 1.82) is 0 Å². The van der Waals surface area contributed by atoms with Crippen LogP contribution in [0, 0.1) is 0 Å². The van der Waals surface area contributed by atoms with Crippen molar-refractivity contribution in [3.8, 4) is 5.75 Å². The number of hydrogen-bond donors (Lipinski definition) is 1. The Kier molecular flexibility index (Phi) is 6.58. The predicted molar refractivity (Wildman–Crippen MR) is 75.5 cm³/mol. The summed E-state index contributed by atoms with van der Waals surface area (Å²) in [5.41, 5.74) is 5.56. The molecule has 0 aliphatic carbocycles. The van der Waals surface area contributed by atoms with Crippen molar-refractivity contribution in [3.63, 3.8) is 0 Å². The van der Waals surface area contributed by atoms with Gasteiger partial charge in [-0.3, -0.25) is 4.90 Å². The molecular weight excluding hydrogens is 232 g/mol. The van der Waals surface area contributed by atoms with Crippen LogP contribution in [0.1, 0.15) is 13.3 Å². The summed E-state index contributed by atoms with van der Waals surface area (Å²) >= 11 is 4.93. The average Bonchev–Trinajstić information content (AvgIpc) is 2.30. The van der Waals surface area contributed by atoms with Crippen molar-refractivity contribution in [1.82, 2.24) is 4.90 Å². The maximum Gasteiger partial charge on any atom is 0.119 e. The van der Waals surface area contributed by atoms with E-state index in [1.54, 1.807) is 0 Å². The van der Waals surface area contributed by atoms with E-state index in [0.29, 0.717) is 18.1 Å². The Labute approximate surface area is 109 Å². The second kappa shape index (κ2) is 8.03. The van der Waals surface area contributed by atoms with Gasteiger partial charge in [0.05, 0.1) is 4.99 Å². The Morgan fingerprint density at radius 1 is 1.29 bits per heavy atom. The Hall–Kier alpha value is -1.13. The zero-order chi connectivity index (χ0) is 12.5. The van der Waals surface area contributed by atoms with Crippen LogP contribution in [-0.4, -0.2) is 36.1 Å². The first-order valence-corrected chi connectivity index (χ1v) is 6.31. The maximum atomic E-state index is 5.64. The van der Waals surface area contributed by atoms with Crippen LogP contribution in [0.3, 0.4) is 0 Å². The largest absolute Gasteiger partial charge is 0.492 e. The first kappa shape index (κ1) is 13.9. The minimum Gasteiger partial charge on any atom is -0.492 e. The number of thiocarbonyl (C=S) groups is 1. The quantitative estimate of drug-likeness (QED) is 0.719. The number of para-hydroxylation sites is 1. The molecule has 1 aromatic carbocycles. The molecule has 0 spiro atoms. The summed E-state index contributed by atoms with van der Waals surface area (Å²) in [6.45, 7) is 5.31. The number of benzene rings is 1. The van der Waals surface area contributed by atoms with Gasteiger partial charge in [0.1, 0.15) is 12.4 Å². The third-order valence-corrected chi connectivity index (χ3v) is 2.47. The Balaban J connectivity index is 2.29. The van der Waals surface area contributed by atoms with Crippen LogP contribution in [0.4, 0.5) is 0 Å². The fourth-order valence-electron chi connectivity index (χ4n) is 1.62. The first-order valence-electron chi connectivity index (χ1n) is 5.91. The molecule has 3 nitrogen and oxygen atoms in total. The lowest BCUT2D eigenvalue weighted by Crippen LogP contribution is -2.36. The number of rotatable bonds is 8. The van der Waals surface area contributed by atoms with Crippen LogP contribution < -0.4 is 10.5 Å². The number of hydrogen-bond acceptors (Lipinski definition) is 3. The van der Waals surface area contributed by atoms with E-state index in [-0.39, 0.29) is 0 Å². The molecule has 0 saturated carbocycles. The molecule has 0 heterocycles. The van der Waals surface area contributed by atoms with Gasteiger partial charge >= 0.3 is 0 Å². The number of nitrogens with zero attached hydrogens (tertiary/aromatic N) is 1. The highest BCUT2D eigenvalue weighted by Crippen LogP contribution is 2.07. The molecule has 0 unspecified atom stereocenters. The van der Waals surface area contributed by atoms with Gasteiger partial charge in [0, 0.05) is 13.1 Å². The van der Waals surface area contributed by atoms with Gasteiger partial charge in [-0.25, -0.2) is 0 Å². The van der Waals surface area contributed by atoms with E-state index in [1.165, 1.54) is 0 Å². The van der Waals surface area contributed by atoms with Crippen molar-refractivity contribution in [3.05, 3.63) is 30.3 Å². The summed E-state index contributed by atoms with van der Waals surface area (Å²) in [5, 5.41) is 0. The third kappa shape index (κ3) is 6.24. The van der Waals surface area contributed by atoms with Crippen LogP contribution in [0.2, 0.25) is 0 Å². The van der Waals surface area contributed by atoms with E-state index in [2.05, 4.69) is 11.8 Å². The fraction of sp³-hybridized carbons (Fsp3) is 0.462. The van der Waals surface area contributed by atoms with E-state index >= 15 is 0 Å². The molecule has 0 amide bonds. The SMILES string of the molecule is CCCN(CCOc1ccccc1)CC(N)=S. The second-order valence-electron chi connectivity index (χ2n) is 3.90. The molecule has 0 saturated heterocycles. The van der Waals surface area contributed by atoms with Gasteiger partial charge in [0.25, 0.3) is 0 Å². The summed E-state index contributed by atoms with van der Waals surface area (Å²) in [4.78, 5) is 2.75. The summed E-state index contributed by atoms with van der Waals surface area (Å²) in [5.74, 6) is 0.902. The molecule has 2 N–H and O–H groups in total. The molecular formula is C13H20N2OS. The van der Waals surface area contributed by atoms with Crippen LogP contribution in [0.5, 0.6) is 5.75 Å². The fourth-order valence-corrected chi connectivity index (χ4v) is 1.80. The molecule has 1 rings (SSSR count). The summed E-state index contributed by atoms with van der Waals surface area (Å²) in [6.07, 6.45) is 1.09. The van der Waals surface area contributed by atoms with Crippen molar-refractivity contribution in [2.45, 2.75) is 13.3 Å². The van der Waals surface area contributed by atoms with E-state index in [9.17, 15) is 0 Å². The number of ether oxygens (including phenoxy) is 1. The smallest absolute Gasteiger partial charge is 0.119 e. The first-order chi connectivity index (χ1) is 8.22. The molecule has 4 heteroatoms. The van der Waals surface area contributed by atoms with Gasteiger partial charge in [-0.2, -0.15) is 0 Å². The minimum absolute atomic E-state index is 0.540. The number of nitrogens with two attached hydrogens (primary N) is 1. The topological polar surface area (TPSA) is 38.5 Å². The lowest BCUT2D eigenvalue weighted by molar-refractivity contribution is 0.227. The van der Waals surface area contributed by atoms with Crippen LogP contribution in [0.15, 0.2) is 30.3 Å². The van der Waals surface area contributed by atoms with Gasteiger partial charge in [0.15, 0.2) is 0 Å². The van der Waals surface area contributed by atoms with Crippen molar-refractivity contribution in [2.75, 3.05) is 26.2 Å². The molecule has 1 aromatic rings. The second-order valence-corrected chi connectivity index (χ2v) is 4.43. The van der Waals surface area contributed by atoms with Crippen LogP contribution >= 0.6 is 12.2 Å². The molecule has 94 valence electrons. The molecule has 0 aliphatic heterocycles. The van der Waals surface area contributed by atoms with Crippen LogP contribution in [0.25, 0.3) is 0 Å². The predicted octanol–water partition coefficient (Wildman–Crippen LogP) is 2.06. The average molecular weight is 252 g/mol. The lowest BCUT2D eigenvalue weighted by Gasteiger charge is -2.20. The van der Waals surface area contributed by atoms with E-state index < -0.39 is 0 Å². The standard InChI is InChI=1S/C13H20N2OS/c1-2-8-15(11-13(14)17)9-10-16-12-6-4-3-5-7-12/h3-7H,2,8-11H2,1H3,(H2,14,17). The Bertz CT molecular complexity index is 329. The molecule has 0 bridgehead atoms.